The molecule has 0 radical (unpaired) electrons. The quantitative estimate of drug-likeness (QED) is 0.238. The van der Waals surface area contributed by atoms with Gasteiger partial charge in [-0.3, -0.25) is 10.2 Å². The molecule has 196 valence electrons. The topological polar surface area (TPSA) is 136 Å². The van der Waals surface area contributed by atoms with E-state index in [1.54, 1.807) is 49.6 Å². The van der Waals surface area contributed by atoms with Crippen LogP contribution in [0.1, 0.15) is 24.8 Å². The molecular weight excluding hydrogens is 486 g/mol. The minimum Gasteiger partial charge on any atom is -0.494 e. The number of nitrogens with one attached hydrogen (secondary N) is 2. The lowest BCUT2D eigenvalue weighted by Crippen LogP contribution is -2.52. The number of sulfone groups is 1. The number of hydrogen-bond acceptors (Lipinski definition) is 9. The second-order valence-electron chi connectivity index (χ2n) is 8.30. The molecular formula is C25H33N3O7S. The zero-order valence-corrected chi connectivity index (χ0v) is 21.1. The molecule has 3 N–H and O–H groups in total. The smallest absolute Gasteiger partial charge is 0.265 e. The van der Waals surface area contributed by atoms with E-state index in [1.165, 1.54) is 12.1 Å². The number of rotatable bonds is 15. The van der Waals surface area contributed by atoms with Gasteiger partial charge in [-0.1, -0.05) is 18.2 Å². The zero-order valence-electron chi connectivity index (χ0n) is 20.3. The van der Waals surface area contributed by atoms with Gasteiger partial charge in [0.2, 0.25) is 5.90 Å². The summed E-state index contributed by atoms with van der Waals surface area (Å²) < 4.78 is 42.2. The molecule has 0 unspecified atom stereocenters. The van der Waals surface area contributed by atoms with E-state index in [2.05, 4.69) is 15.8 Å². The van der Waals surface area contributed by atoms with Crippen molar-refractivity contribution >= 4 is 21.6 Å². The maximum Gasteiger partial charge on any atom is 0.265 e. The minimum absolute atomic E-state index is 0.0497. The number of benzene rings is 2. The lowest BCUT2D eigenvalue weighted by Gasteiger charge is -2.23. The maximum absolute atomic E-state index is 13.2. The Labute approximate surface area is 211 Å². The first-order valence-corrected chi connectivity index (χ1v) is 13.4. The molecule has 0 fully saturated rings. The minimum atomic E-state index is -3.63. The van der Waals surface area contributed by atoms with Gasteiger partial charge < -0.3 is 19.3 Å². The first kappa shape index (κ1) is 27.6. The van der Waals surface area contributed by atoms with E-state index in [4.69, 9.17) is 19.3 Å². The van der Waals surface area contributed by atoms with Crippen molar-refractivity contribution in [3.8, 4) is 5.75 Å². The predicted molar refractivity (Wildman–Crippen MR) is 135 cm³/mol. The van der Waals surface area contributed by atoms with Crippen molar-refractivity contribution < 1.29 is 32.5 Å². The first-order valence-electron chi connectivity index (χ1n) is 11.8. The number of carbonyl (C=O) groups excluding carboxylic acids is 1. The third-order valence-electron chi connectivity index (χ3n) is 5.60. The summed E-state index contributed by atoms with van der Waals surface area (Å²) >= 11 is 0. The summed E-state index contributed by atoms with van der Waals surface area (Å²) in [5.41, 5.74) is 4.71. The van der Waals surface area contributed by atoms with E-state index >= 15 is 0 Å². The molecule has 1 heterocycles. The average Bonchev–Trinajstić information content (AvgIpc) is 3.34. The van der Waals surface area contributed by atoms with E-state index < -0.39 is 21.3 Å². The Balaban J connectivity index is 1.77. The normalized spacial score (nSPS) is 17.3. The fraction of sp³-hybridized carbons (Fsp3) is 0.440. The van der Waals surface area contributed by atoms with Crippen LogP contribution in [0.15, 0.2) is 64.5 Å². The van der Waals surface area contributed by atoms with Gasteiger partial charge in [-0.15, -0.1) is 0 Å². The van der Waals surface area contributed by atoms with Crippen LogP contribution in [0.2, 0.25) is 0 Å². The van der Waals surface area contributed by atoms with Gasteiger partial charge in [-0.05, 0) is 49.2 Å². The third-order valence-corrected chi connectivity index (χ3v) is 7.33. The summed E-state index contributed by atoms with van der Waals surface area (Å²) in [7, 11) is -2.03. The Hall–Kier alpha value is -2.99. The molecule has 1 atom stereocenters. The largest absolute Gasteiger partial charge is 0.494 e. The van der Waals surface area contributed by atoms with Crippen LogP contribution >= 0.6 is 0 Å². The van der Waals surface area contributed by atoms with Crippen molar-refractivity contribution in [2.24, 2.45) is 4.99 Å². The fourth-order valence-electron chi connectivity index (χ4n) is 3.51. The number of ether oxygens (including phenoxy) is 3. The van der Waals surface area contributed by atoms with Gasteiger partial charge in [0.25, 0.3) is 5.91 Å². The number of carbonyl (C=O) groups is 1. The van der Waals surface area contributed by atoms with Gasteiger partial charge in [0, 0.05) is 38.9 Å². The van der Waals surface area contributed by atoms with Crippen LogP contribution in [-0.4, -0.2) is 76.7 Å². The van der Waals surface area contributed by atoms with Gasteiger partial charge in [0.05, 0.1) is 17.3 Å². The zero-order chi connectivity index (χ0) is 25.9. The lowest BCUT2D eigenvalue weighted by atomic mass is 9.98. The molecule has 11 heteroatoms. The number of hydrogen-bond donors (Lipinski definition) is 3. The molecule has 0 bridgehead atoms. The molecule has 0 saturated heterocycles. The SMILES string of the molecule is COCCCNNC(=O)[C@]1(CCS(=O)(=O)c2ccccc2)COC(c2ccc(OCCCO)cc2)=N1. The van der Waals surface area contributed by atoms with Crippen LogP contribution in [0.5, 0.6) is 5.75 Å². The van der Waals surface area contributed by atoms with Crippen molar-refractivity contribution in [3.05, 3.63) is 60.2 Å². The van der Waals surface area contributed by atoms with E-state index in [-0.39, 0.29) is 36.2 Å². The molecule has 2 aromatic rings. The van der Waals surface area contributed by atoms with Crippen LogP contribution in [0.25, 0.3) is 0 Å². The Morgan fingerprint density at radius 3 is 2.56 bits per heavy atom. The highest BCUT2D eigenvalue weighted by Gasteiger charge is 2.45. The summed E-state index contributed by atoms with van der Waals surface area (Å²) in [5, 5.41) is 8.88. The molecule has 1 aliphatic heterocycles. The summed E-state index contributed by atoms with van der Waals surface area (Å²) in [6.07, 6.45) is 1.16. The number of aliphatic hydroxyl groups excluding tert-OH is 1. The molecule has 0 saturated carbocycles. The van der Waals surface area contributed by atoms with Crippen molar-refractivity contribution in [3.63, 3.8) is 0 Å². The Morgan fingerprint density at radius 2 is 1.86 bits per heavy atom. The van der Waals surface area contributed by atoms with Gasteiger partial charge in [0.1, 0.15) is 12.4 Å². The highest BCUT2D eigenvalue weighted by molar-refractivity contribution is 7.91. The Bertz CT molecular complexity index is 1110. The molecule has 0 aromatic heterocycles. The number of methoxy groups -OCH3 is 1. The van der Waals surface area contributed by atoms with Crippen LogP contribution in [0.3, 0.4) is 0 Å². The van der Waals surface area contributed by atoms with Crippen LogP contribution in [0, 0.1) is 0 Å². The Kier molecular flexibility index (Phi) is 10.2. The first-order chi connectivity index (χ1) is 17.4. The molecule has 2 aromatic carbocycles. The van der Waals surface area contributed by atoms with Crippen molar-refractivity contribution in [1.29, 1.82) is 0 Å². The fourth-order valence-corrected chi connectivity index (χ4v) is 4.93. The third kappa shape index (κ3) is 7.50. The number of hydrazine groups is 1. The van der Waals surface area contributed by atoms with Crippen LogP contribution in [0.4, 0.5) is 0 Å². The summed E-state index contributed by atoms with van der Waals surface area (Å²) in [6.45, 7) is 1.37. The number of nitrogens with zero attached hydrogens (tertiary/aromatic N) is 1. The standard InChI is InChI=1S/C25H33N3O7S/c1-33-16-5-14-26-28-24(30)25(13-18-36(31,32)22-7-3-2-4-8-22)19-35-23(27-25)20-9-11-21(12-10-20)34-17-6-15-29/h2-4,7-12,26,29H,5-6,13-19H2,1H3,(H,28,30)/t25-/m0/s1. The van der Waals surface area contributed by atoms with Gasteiger partial charge in [-0.2, -0.15) is 0 Å². The number of amides is 1. The highest BCUT2D eigenvalue weighted by atomic mass is 32.2. The maximum atomic E-state index is 13.2. The second kappa shape index (κ2) is 13.4. The molecule has 0 spiro atoms. The number of aliphatic hydroxyl groups is 1. The molecule has 0 aliphatic carbocycles. The van der Waals surface area contributed by atoms with Crippen LogP contribution < -0.4 is 15.6 Å². The highest BCUT2D eigenvalue weighted by Crippen LogP contribution is 2.28. The Morgan fingerprint density at radius 1 is 1.11 bits per heavy atom. The lowest BCUT2D eigenvalue weighted by molar-refractivity contribution is -0.127. The van der Waals surface area contributed by atoms with E-state index in [0.717, 1.165) is 0 Å². The average molecular weight is 520 g/mol. The molecule has 1 amide bonds. The van der Waals surface area contributed by atoms with Crippen molar-refractivity contribution in [2.45, 2.75) is 29.7 Å². The van der Waals surface area contributed by atoms with Gasteiger partial charge in [-0.25, -0.2) is 18.8 Å². The van der Waals surface area contributed by atoms with Gasteiger partial charge in [0.15, 0.2) is 15.4 Å². The van der Waals surface area contributed by atoms with Crippen molar-refractivity contribution in [2.75, 3.05) is 45.8 Å². The van der Waals surface area contributed by atoms with E-state index in [1.807, 2.05) is 0 Å². The van der Waals surface area contributed by atoms with E-state index in [0.29, 0.717) is 43.9 Å². The molecule has 36 heavy (non-hydrogen) atoms. The molecule has 3 rings (SSSR count). The van der Waals surface area contributed by atoms with Gasteiger partial charge >= 0.3 is 0 Å². The summed E-state index contributed by atoms with van der Waals surface area (Å²) in [6, 6.07) is 15.1. The van der Waals surface area contributed by atoms with Crippen LogP contribution in [-0.2, 0) is 24.1 Å². The monoisotopic (exact) mass is 519 g/mol. The van der Waals surface area contributed by atoms with Crippen molar-refractivity contribution in [1.82, 2.24) is 10.9 Å². The van der Waals surface area contributed by atoms with E-state index in [9.17, 15) is 13.2 Å². The second-order valence-corrected chi connectivity index (χ2v) is 10.4. The summed E-state index contributed by atoms with van der Waals surface area (Å²) in [5.74, 6) is 0.140. The predicted octanol–water partition coefficient (Wildman–Crippen LogP) is 1.48. The number of aliphatic imine (C=N–C) groups is 1. The molecule has 10 nitrogen and oxygen atoms in total. The molecule has 1 aliphatic rings. The summed E-state index contributed by atoms with van der Waals surface area (Å²) in [4.78, 5) is 18.0.